The Kier molecular flexibility index (Phi) is 7.50. The van der Waals surface area contributed by atoms with Gasteiger partial charge >= 0.3 is 0 Å². The van der Waals surface area contributed by atoms with Gasteiger partial charge in [-0.25, -0.2) is 13.1 Å². The summed E-state index contributed by atoms with van der Waals surface area (Å²) in [4.78, 5) is 12.6. The fourth-order valence-electron chi connectivity index (χ4n) is 2.69. The molecular weight excluding hydrogens is 380 g/mol. The molecule has 0 atom stereocenters. The Morgan fingerprint density at radius 2 is 1.82 bits per heavy atom. The van der Waals surface area contributed by atoms with Crippen LogP contribution in [0.3, 0.4) is 0 Å². The molecule has 0 unspecified atom stereocenters. The van der Waals surface area contributed by atoms with Crippen LogP contribution in [-0.2, 0) is 16.4 Å². The van der Waals surface area contributed by atoms with E-state index >= 15 is 0 Å². The highest BCUT2D eigenvalue weighted by molar-refractivity contribution is 7.89. The van der Waals surface area contributed by atoms with Gasteiger partial charge in [-0.3, -0.25) is 10.1 Å². The van der Waals surface area contributed by atoms with Gasteiger partial charge in [0.25, 0.3) is 5.69 Å². The number of rotatable bonds is 10. The maximum absolute atomic E-state index is 12.4. The average Bonchev–Trinajstić information content (AvgIpc) is 2.62. The predicted octanol–water partition coefficient (Wildman–Crippen LogP) is 2.40. The Bertz CT molecular complexity index is 929. The van der Waals surface area contributed by atoms with Crippen LogP contribution in [0.2, 0.25) is 0 Å². The number of nitro groups is 1. The van der Waals surface area contributed by atoms with E-state index in [2.05, 4.69) is 10.0 Å². The second kappa shape index (κ2) is 9.63. The van der Waals surface area contributed by atoms with E-state index in [9.17, 15) is 18.5 Å². The van der Waals surface area contributed by atoms with Crippen molar-refractivity contribution in [2.75, 3.05) is 39.0 Å². The summed E-state index contributed by atoms with van der Waals surface area (Å²) in [6.45, 7) is 3.26. The van der Waals surface area contributed by atoms with Crippen LogP contribution in [0.4, 0.5) is 11.4 Å². The molecule has 28 heavy (non-hydrogen) atoms. The first-order chi connectivity index (χ1) is 13.2. The normalized spacial score (nSPS) is 11.6. The van der Waals surface area contributed by atoms with Crippen molar-refractivity contribution in [2.24, 2.45) is 0 Å². The van der Waals surface area contributed by atoms with Gasteiger partial charge in [0.1, 0.15) is 5.69 Å². The van der Waals surface area contributed by atoms with Crippen molar-refractivity contribution in [3.8, 4) is 0 Å². The first kappa shape index (κ1) is 21.8. The lowest BCUT2D eigenvalue weighted by Crippen LogP contribution is -2.31. The summed E-state index contributed by atoms with van der Waals surface area (Å²) >= 11 is 0. The molecule has 0 fully saturated rings. The summed E-state index contributed by atoms with van der Waals surface area (Å²) in [7, 11) is -0.147. The Morgan fingerprint density at radius 3 is 2.46 bits per heavy atom. The zero-order valence-electron chi connectivity index (χ0n) is 16.3. The van der Waals surface area contributed by atoms with Crippen molar-refractivity contribution in [1.82, 2.24) is 9.62 Å². The number of sulfonamides is 1. The summed E-state index contributed by atoms with van der Waals surface area (Å²) < 4.78 is 27.2. The highest BCUT2D eigenvalue weighted by atomic mass is 32.2. The molecule has 0 bridgehead atoms. The molecule has 0 aromatic heterocycles. The van der Waals surface area contributed by atoms with Gasteiger partial charge in [-0.15, -0.1) is 0 Å². The van der Waals surface area contributed by atoms with E-state index in [1.54, 1.807) is 0 Å². The number of benzene rings is 2. The summed E-state index contributed by atoms with van der Waals surface area (Å²) in [5.41, 5.74) is 2.34. The second-order valence-electron chi connectivity index (χ2n) is 6.74. The molecule has 9 heteroatoms. The van der Waals surface area contributed by atoms with Crippen LogP contribution in [0, 0.1) is 17.0 Å². The van der Waals surface area contributed by atoms with Crippen LogP contribution in [-0.4, -0.2) is 52.0 Å². The van der Waals surface area contributed by atoms with Crippen LogP contribution in [0.15, 0.2) is 47.4 Å². The van der Waals surface area contributed by atoms with Gasteiger partial charge < -0.3 is 10.2 Å². The molecule has 0 heterocycles. The molecule has 2 aromatic carbocycles. The third kappa shape index (κ3) is 6.01. The molecule has 152 valence electrons. The fraction of sp³-hybridized carbons (Fsp3) is 0.368. The number of likely N-dealkylation sites (N-methyl/N-ethyl adjacent to an activating group) is 1. The molecule has 0 radical (unpaired) electrons. The largest absolute Gasteiger partial charge is 0.379 e. The van der Waals surface area contributed by atoms with E-state index < -0.39 is 14.9 Å². The van der Waals surface area contributed by atoms with E-state index in [4.69, 9.17) is 0 Å². The number of hydrogen-bond donors (Lipinski definition) is 2. The number of hydrogen-bond acceptors (Lipinski definition) is 6. The van der Waals surface area contributed by atoms with Gasteiger partial charge in [-0.1, -0.05) is 24.3 Å². The molecule has 2 rings (SSSR count). The molecular formula is C19H26N4O4S. The molecule has 0 saturated carbocycles. The Balaban J connectivity index is 2.12. The van der Waals surface area contributed by atoms with Gasteiger partial charge in [0.15, 0.2) is 0 Å². The van der Waals surface area contributed by atoms with Crippen LogP contribution in [0.25, 0.3) is 0 Å². The van der Waals surface area contributed by atoms with Crippen LogP contribution in [0.5, 0.6) is 0 Å². The van der Waals surface area contributed by atoms with E-state index in [0.717, 1.165) is 17.2 Å². The third-order valence-corrected chi connectivity index (χ3v) is 5.76. The molecule has 0 aliphatic rings. The van der Waals surface area contributed by atoms with Crippen LogP contribution in [0.1, 0.15) is 11.1 Å². The zero-order valence-corrected chi connectivity index (χ0v) is 17.1. The number of aryl methyl sites for hydroxylation is 1. The van der Waals surface area contributed by atoms with Gasteiger partial charge in [-0.05, 0) is 50.7 Å². The van der Waals surface area contributed by atoms with Crippen LogP contribution >= 0.6 is 0 Å². The molecule has 0 spiro atoms. The van der Waals surface area contributed by atoms with Crippen LogP contribution < -0.4 is 10.0 Å². The topological polar surface area (TPSA) is 105 Å². The highest BCUT2D eigenvalue weighted by Crippen LogP contribution is 2.27. The average molecular weight is 407 g/mol. The van der Waals surface area contributed by atoms with Gasteiger partial charge in [-0.2, -0.15) is 0 Å². The Labute approximate surface area is 165 Å². The standard InChI is InChI=1S/C19H26N4O4S/c1-15-6-4-5-7-16(15)10-11-20-18-9-8-17(14-19(18)23(24)25)28(26,27)21-12-13-22(2)3/h4-9,14,20-21H,10-13H2,1-3H3. The maximum Gasteiger partial charge on any atom is 0.293 e. The first-order valence-electron chi connectivity index (χ1n) is 8.92. The fourth-order valence-corrected chi connectivity index (χ4v) is 3.73. The van der Waals surface area contributed by atoms with Gasteiger partial charge in [0.2, 0.25) is 10.0 Å². The quantitative estimate of drug-likeness (QED) is 0.464. The number of nitrogens with zero attached hydrogens (tertiary/aromatic N) is 2. The number of nitro benzene ring substituents is 1. The summed E-state index contributed by atoms with van der Waals surface area (Å²) in [5, 5.41) is 14.5. The molecule has 0 amide bonds. The van der Waals surface area contributed by atoms with E-state index in [1.807, 2.05) is 50.2 Å². The first-order valence-corrected chi connectivity index (χ1v) is 10.4. The predicted molar refractivity (Wildman–Crippen MR) is 110 cm³/mol. The third-order valence-electron chi connectivity index (χ3n) is 4.30. The van der Waals surface area contributed by atoms with Crippen molar-refractivity contribution in [3.63, 3.8) is 0 Å². The van der Waals surface area contributed by atoms with Gasteiger partial charge in [0, 0.05) is 25.7 Å². The SMILES string of the molecule is Cc1ccccc1CCNc1ccc(S(=O)(=O)NCCN(C)C)cc1[N+](=O)[O-]. The summed E-state index contributed by atoms with van der Waals surface area (Å²) in [6, 6.07) is 11.9. The van der Waals surface area contributed by atoms with Crippen molar-refractivity contribution in [3.05, 3.63) is 63.7 Å². The lowest BCUT2D eigenvalue weighted by atomic mass is 10.1. The minimum Gasteiger partial charge on any atom is -0.379 e. The smallest absolute Gasteiger partial charge is 0.293 e. The summed E-state index contributed by atoms with van der Waals surface area (Å²) in [6.07, 6.45) is 0.704. The Morgan fingerprint density at radius 1 is 1.11 bits per heavy atom. The van der Waals surface area contributed by atoms with Crippen molar-refractivity contribution >= 4 is 21.4 Å². The Hall–Kier alpha value is -2.49. The van der Waals surface area contributed by atoms with Crippen molar-refractivity contribution in [1.29, 1.82) is 0 Å². The number of anilines is 1. The lowest BCUT2D eigenvalue weighted by Gasteiger charge is -2.12. The van der Waals surface area contributed by atoms with E-state index in [-0.39, 0.29) is 17.1 Å². The monoisotopic (exact) mass is 406 g/mol. The lowest BCUT2D eigenvalue weighted by molar-refractivity contribution is -0.384. The highest BCUT2D eigenvalue weighted by Gasteiger charge is 2.21. The second-order valence-corrected chi connectivity index (χ2v) is 8.51. The molecule has 2 aromatic rings. The van der Waals surface area contributed by atoms with E-state index in [1.165, 1.54) is 12.1 Å². The molecule has 0 saturated heterocycles. The summed E-state index contributed by atoms with van der Waals surface area (Å²) in [5.74, 6) is 0. The van der Waals surface area contributed by atoms with Crippen molar-refractivity contribution in [2.45, 2.75) is 18.2 Å². The minimum absolute atomic E-state index is 0.123. The molecule has 8 nitrogen and oxygen atoms in total. The van der Waals surface area contributed by atoms with E-state index in [0.29, 0.717) is 25.2 Å². The molecule has 2 N–H and O–H groups in total. The maximum atomic E-state index is 12.4. The number of nitrogens with one attached hydrogen (secondary N) is 2. The van der Waals surface area contributed by atoms with Crippen molar-refractivity contribution < 1.29 is 13.3 Å². The molecule has 0 aliphatic carbocycles. The zero-order chi connectivity index (χ0) is 20.7. The molecule has 0 aliphatic heterocycles. The van der Waals surface area contributed by atoms with Gasteiger partial charge in [0.05, 0.1) is 9.82 Å². The minimum atomic E-state index is -3.81.